The lowest BCUT2D eigenvalue weighted by molar-refractivity contribution is 0.217. The maximum absolute atomic E-state index is 11.8. The van der Waals surface area contributed by atoms with E-state index >= 15 is 0 Å². The number of carbonyl (C=O) groups excluding carboxylic acids is 1. The zero-order valence-electron chi connectivity index (χ0n) is 11.2. The Hall–Kier alpha value is -1.61. The van der Waals surface area contributed by atoms with Crippen LogP contribution in [0.2, 0.25) is 0 Å². The van der Waals surface area contributed by atoms with Crippen molar-refractivity contribution in [2.45, 2.75) is 18.4 Å². The van der Waals surface area contributed by atoms with Crippen LogP contribution in [0.5, 0.6) is 0 Å². The van der Waals surface area contributed by atoms with E-state index in [1.54, 1.807) is 14.1 Å². The van der Waals surface area contributed by atoms with Gasteiger partial charge in [0.25, 0.3) is 10.0 Å². The second-order valence-electron chi connectivity index (χ2n) is 4.07. The number of aryl methyl sites for hydroxylation is 1. The largest absolute Gasteiger partial charge is 0.337 e. The van der Waals surface area contributed by atoms with Gasteiger partial charge in [-0.2, -0.15) is 0 Å². The average Bonchev–Trinajstić information content (AvgIpc) is 2.83. The van der Waals surface area contributed by atoms with Crippen molar-refractivity contribution < 1.29 is 13.2 Å². The molecular formula is C10H19N5O3S. The third-order valence-electron chi connectivity index (χ3n) is 2.33. The van der Waals surface area contributed by atoms with Gasteiger partial charge in [-0.05, 0) is 0 Å². The summed E-state index contributed by atoms with van der Waals surface area (Å²) in [4.78, 5) is 19.2. The van der Waals surface area contributed by atoms with Crippen molar-refractivity contribution in [2.24, 2.45) is 0 Å². The number of aromatic nitrogens is 2. The standard InChI is InChI=1S/C10H19N5O3S/c1-4-8-12-7-9(14-8)19(17,18)13-6-5-11-10(16)15(2)3/h7,13H,4-6H2,1-3H3,(H,11,16)(H,12,14). The minimum Gasteiger partial charge on any atom is -0.337 e. The number of carbonyl (C=O) groups is 1. The second kappa shape index (κ2) is 6.53. The van der Waals surface area contributed by atoms with Gasteiger partial charge in [0.1, 0.15) is 5.82 Å². The molecule has 0 atom stereocenters. The molecule has 0 aliphatic rings. The molecule has 0 aliphatic carbocycles. The molecule has 0 saturated carbocycles. The van der Waals surface area contributed by atoms with Crippen LogP contribution in [0.1, 0.15) is 12.7 Å². The number of hydrogen-bond donors (Lipinski definition) is 3. The summed E-state index contributed by atoms with van der Waals surface area (Å²) >= 11 is 0. The summed E-state index contributed by atoms with van der Waals surface area (Å²) in [5, 5.41) is 2.59. The summed E-state index contributed by atoms with van der Waals surface area (Å²) in [6.45, 7) is 2.20. The van der Waals surface area contributed by atoms with E-state index in [0.29, 0.717) is 12.2 Å². The molecule has 1 rings (SSSR count). The molecule has 0 radical (unpaired) electrons. The smallest absolute Gasteiger partial charge is 0.316 e. The Bertz CT molecular complexity index is 523. The Kier molecular flexibility index (Phi) is 5.31. The van der Waals surface area contributed by atoms with Gasteiger partial charge in [0.15, 0.2) is 5.03 Å². The molecule has 19 heavy (non-hydrogen) atoms. The molecular weight excluding hydrogens is 270 g/mol. The van der Waals surface area contributed by atoms with Gasteiger partial charge in [-0.25, -0.2) is 22.9 Å². The molecule has 108 valence electrons. The molecule has 0 aromatic carbocycles. The van der Waals surface area contributed by atoms with E-state index in [2.05, 4.69) is 20.0 Å². The Morgan fingerprint density at radius 1 is 1.42 bits per heavy atom. The predicted octanol–water partition coefficient (Wildman–Crippen LogP) is -0.478. The molecule has 0 spiro atoms. The first kappa shape index (κ1) is 15.4. The van der Waals surface area contributed by atoms with Crippen molar-refractivity contribution in [3.8, 4) is 0 Å². The van der Waals surface area contributed by atoms with Crippen LogP contribution in [0.4, 0.5) is 4.79 Å². The molecule has 8 nitrogen and oxygen atoms in total. The van der Waals surface area contributed by atoms with Gasteiger partial charge in [0, 0.05) is 33.6 Å². The third kappa shape index (κ3) is 4.52. The maximum Gasteiger partial charge on any atom is 0.316 e. The van der Waals surface area contributed by atoms with Crippen LogP contribution < -0.4 is 10.0 Å². The lowest BCUT2D eigenvalue weighted by Gasteiger charge is -2.12. The van der Waals surface area contributed by atoms with Crippen molar-refractivity contribution >= 4 is 16.1 Å². The van der Waals surface area contributed by atoms with Crippen LogP contribution in [-0.4, -0.2) is 56.5 Å². The van der Waals surface area contributed by atoms with E-state index in [-0.39, 0.29) is 24.1 Å². The van der Waals surface area contributed by atoms with Gasteiger partial charge in [-0.15, -0.1) is 0 Å². The molecule has 1 heterocycles. The van der Waals surface area contributed by atoms with Crippen molar-refractivity contribution in [3.63, 3.8) is 0 Å². The summed E-state index contributed by atoms with van der Waals surface area (Å²) in [5.74, 6) is 0.612. The van der Waals surface area contributed by atoms with Gasteiger partial charge in [-0.3, -0.25) is 0 Å². The molecule has 3 N–H and O–H groups in total. The van der Waals surface area contributed by atoms with Crippen molar-refractivity contribution in [1.82, 2.24) is 24.9 Å². The van der Waals surface area contributed by atoms with E-state index < -0.39 is 10.0 Å². The Morgan fingerprint density at radius 2 is 2.11 bits per heavy atom. The summed E-state index contributed by atoms with van der Waals surface area (Å²) in [5.41, 5.74) is 0. The average molecular weight is 289 g/mol. The normalized spacial score (nSPS) is 11.3. The minimum absolute atomic E-state index is 0.0308. The zero-order valence-corrected chi connectivity index (χ0v) is 12.0. The van der Waals surface area contributed by atoms with Crippen LogP contribution in [-0.2, 0) is 16.4 Å². The summed E-state index contributed by atoms with van der Waals surface area (Å²) in [6.07, 6.45) is 1.91. The number of imidazole rings is 1. The number of nitrogens with one attached hydrogen (secondary N) is 3. The zero-order chi connectivity index (χ0) is 14.5. The molecule has 0 fully saturated rings. The molecule has 1 aromatic rings. The summed E-state index contributed by atoms with van der Waals surface area (Å²) in [6, 6.07) is -0.269. The number of H-pyrrole nitrogens is 1. The highest BCUT2D eigenvalue weighted by molar-refractivity contribution is 7.89. The SMILES string of the molecule is CCc1ncc(S(=O)(=O)NCCNC(=O)N(C)C)[nH]1. The topological polar surface area (TPSA) is 107 Å². The Balaban J connectivity index is 2.45. The van der Waals surface area contributed by atoms with Crippen molar-refractivity contribution in [1.29, 1.82) is 0 Å². The Morgan fingerprint density at radius 3 is 2.63 bits per heavy atom. The first-order valence-electron chi connectivity index (χ1n) is 5.85. The fourth-order valence-electron chi connectivity index (χ4n) is 1.25. The van der Waals surface area contributed by atoms with Crippen LogP contribution in [0.25, 0.3) is 0 Å². The first-order valence-corrected chi connectivity index (χ1v) is 7.34. The molecule has 0 bridgehead atoms. The fraction of sp³-hybridized carbons (Fsp3) is 0.600. The number of aromatic amines is 1. The van der Waals surface area contributed by atoms with E-state index in [9.17, 15) is 13.2 Å². The van der Waals surface area contributed by atoms with Crippen molar-refractivity contribution in [2.75, 3.05) is 27.2 Å². The Labute approximate surface area is 112 Å². The van der Waals surface area contributed by atoms with Crippen LogP contribution in [0.3, 0.4) is 0 Å². The van der Waals surface area contributed by atoms with E-state index in [4.69, 9.17) is 0 Å². The third-order valence-corrected chi connectivity index (χ3v) is 3.70. The maximum atomic E-state index is 11.8. The quantitative estimate of drug-likeness (QED) is 0.615. The second-order valence-corrected chi connectivity index (χ2v) is 5.81. The molecule has 0 aliphatic heterocycles. The van der Waals surface area contributed by atoms with Crippen LogP contribution in [0.15, 0.2) is 11.2 Å². The molecule has 9 heteroatoms. The number of hydrogen-bond acceptors (Lipinski definition) is 4. The fourth-order valence-corrected chi connectivity index (χ4v) is 2.22. The van der Waals surface area contributed by atoms with Gasteiger partial charge in [0.05, 0.1) is 6.20 Å². The van der Waals surface area contributed by atoms with Gasteiger partial charge >= 0.3 is 6.03 Å². The van der Waals surface area contributed by atoms with Gasteiger partial charge < -0.3 is 15.2 Å². The monoisotopic (exact) mass is 289 g/mol. The van der Waals surface area contributed by atoms with Gasteiger partial charge in [-0.1, -0.05) is 6.92 Å². The lowest BCUT2D eigenvalue weighted by Crippen LogP contribution is -2.39. The number of rotatable bonds is 6. The lowest BCUT2D eigenvalue weighted by atomic mass is 10.5. The summed E-state index contributed by atoms with van der Waals surface area (Å²) in [7, 11) is -0.386. The molecule has 2 amide bonds. The number of sulfonamides is 1. The predicted molar refractivity (Wildman–Crippen MR) is 70.2 cm³/mol. The molecule has 1 aromatic heterocycles. The number of nitrogens with zero attached hydrogens (tertiary/aromatic N) is 2. The van der Waals surface area contributed by atoms with E-state index in [1.807, 2.05) is 6.92 Å². The minimum atomic E-state index is -3.60. The molecule has 0 unspecified atom stereocenters. The number of urea groups is 1. The van der Waals surface area contributed by atoms with Crippen LogP contribution >= 0.6 is 0 Å². The van der Waals surface area contributed by atoms with E-state index in [1.165, 1.54) is 11.1 Å². The number of amides is 2. The summed E-state index contributed by atoms with van der Waals surface area (Å²) < 4.78 is 26.0. The van der Waals surface area contributed by atoms with Gasteiger partial charge in [0.2, 0.25) is 0 Å². The molecule has 0 saturated heterocycles. The highest BCUT2D eigenvalue weighted by Crippen LogP contribution is 2.05. The van der Waals surface area contributed by atoms with Crippen molar-refractivity contribution in [3.05, 3.63) is 12.0 Å². The van der Waals surface area contributed by atoms with E-state index in [0.717, 1.165) is 0 Å². The highest BCUT2D eigenvalue weighted by atomic mass is 32.2. The highest BCUT2D eigenvalue weighted by Gasteiger charge is 2.16. The first-order chi connectivity index (χ1) is 8.86. The van der Waals surface area contributed by atoms with Crippen LogP contribution in [0, 0.1) is 0 Å².